The van der Waals surface area contributed by atoms with Crippen molar-refractivity contribution < 1.29 is 20.1 Å². The van der Waals surface area contributed by atoms with Crippen molar-refractivity contribution in [2.24, 2.45) is 0 Å². The zero-order valence-electron chi connectivity index (χ0n) is 37.6. The molecular formula is C56H62IrN3-. The molecule has 1 radical (unpaired) electrons. The number of benzene rings is 6. The molecule has 0 unspecified atom stereocenters. The second-order valence-corrected chi connectivity index (χ2v) is 19.7. The SMILES string of the molecule is CCCCC(C)(C)c1nnc(-c2[c-]ccc(-c3cc(-c4ccc(C(C)(C)C)cc4)cc(-c4ccc(C(C)(C)C)cc4)c3)c2)n1-c1ccc(C(C)(C)c2ccccc2)cc1.[Ir]. The van der Waals surface area contributed by atoms with Crippen molar-refractivity contribution in [3.63, 3.8) is 0 Å². The second-order valence-electron chi connectivity index (χ2n) is 19.7. The van der Waals surface area contributed by atoms with Gasteiger partial charge in [0.2, 0.25) is 0 Å². The summed E-state index contributed by atoms with van der Waals surface area (Å²) in [6, 6.07) is 55.0. The number of nitrogens with zero attached hydrogens (tertiary/aromatic N) is 3. The largest absolute Gasteiger partial charge is 0.320 e. The van der Waals surface area contributed by atoms with Gasteiger partial charge in [-0.2, -0.15) is 5.10 Å². The Morgan fingerprint density at radius 3 is 1.48 bits per heavy atom. The Labute approximate surface area is 374 Å². The summed E-state index contributed by atoms with van der Waals surface area (Å²) >= 11 is 0. The van der Waals surface area contributed by atoms with Crippen LogP contribution in [0.1, 0.15) is 124 Å². The van der Waals surface area contributed by atoms with Gasteiger partial charge in [-0.05, 0) is 97.7 Å². The molecule has 6 aromatic carbocycles. The maximum atomic E-state index is 4.96. The predicted octanol–water partition coefficient (Wildman–Crippen LogP) is 15.1. The van der Waals surface area contributed by atoms with Crippen molar-refractivity contribution in [3.05, 3.63) is 174 Å². The molecule has 0 aliphatic carbocycles. The smallest absolute Gasteiger partial charge is 0.134 e. The Morgan fingerprint density at radius 1 is 0.500 bits per heavy atom. The molecule has 0 atom stereocenters. The van der Waals surface area contributed by atoms with Crippen LogP contribution in [0.5, 0.6) is 0 Å². The van der Waals surface area contributed by atoms with Crippen molar-refractivity contribution in [3.8, 4) is 50.5 Å². The molecule has 0 amide bonds. The Hall–Kier alpha value is -4.89. The van der Waals surface area contributed by atoms with E-state index in [1.165, 1.54) is 44.5 Å². The van der Waals surface area contributed by atoms with Crippen LogP contribution < -0.4 is 0 Å². The molecule has 1 heterocycles. The van der Waals surface area contributed by atoms with Crippen molar-refractivity contribution in [2.75, 3.05) is 0 Å². The summed E-state index contributed by atoms with van der Waals surface area (Å²) in [4.78, 5) is 0. The van der Waals surface area contributed by atoms with E-state index in [9.17, 15) is 0 Å². The Balaban J connectivity index is 0.00000604. The van der Waals surface area contributed by atoms with E-state index in [1.807, 2.05) is 6.07 Å². The van der Waals surface area contributed by atoms with Gasteiger partial charge in [0, 0.05) is 36.6 Å². The van der Waals surface area contributed by atoms with Crippen LogP contribution in [-0.4, -0.2) is 14.8 Å². The molecule has 0 aliphatic heterocycles. The number of rotatable bonds is 11. The maximum absolute atomic E-state index is 4.96. The zero-order valence-corrected chi connectivity index (χ0v) is 40.0. The van der Waals surface area contributed by atoms with E-state index >= 15 is 0 Å². The summed E-state index contributed by atoms with van der Waals surface area (Å²) < 4.78 is 2.28. The normalized spacial score (nSPS) is 12.3. The molecule has 311 valence electrons. The summed E-state index contributed by atoms with van der Waals surface area (Å²) in [5.41, 5.74) is 14.1. The number of hydrogen-bond donors (Lipinski definition) is 0. The van der Waals surface area contributed by atoms with Gasteiger partial charge in [-0.15, -0.1) is 40.5 Å². The van der Waals surface area contributed by atoms with Gasteiger partial charge in [-0.3, -0.25) is 0 Å². The topological polar surface area (TPSA) is 30.7 Å². The average Bonchev–Trinajstić information content (AvgIpc) is 3.69. The van der Waals surface area contributed by atoms with Crippen molar-refractivity contribution in [2.45, 2.75) is 117 Å². The minimum absolute atomic E-state index is 0. The van der Waals surface area contributed by atoms with Crippen LogP contribution in [0.2, 0.25) is 0 Å². The van der Waals surface area contributed by atoms with Crippen molar-refractivity contribution >= 4 is 0 Å². The summed E-state index contributed by atoms with van der Waals surface area (Å²) in [5, 5.41) is 9.92. The van der Waals surface area contributed by atoms with Crippen LogP contribution >= 0.6 is 0 Å². The quantitative estimate of drug-likeness (QED) is 0.121. The van der Waals surface area contributed by atoms with E-state index in [4.69, 9.17) is 10.2 Å². The Kier molecular flexibility index (Phi) is 13.1. The molecule has 0 spiro atoms. The molecule has 3 nitrogen and oxygen atoms in total. The van der Waals surface area contributed by atoms with Crippen LogP contribution in [0.3, 0.4) is 0 Å². The van der Waals surface area contributed by atoms with E-state index in [2.05, 4.69) is 220 Å². The molecule has 0 N–H and O–H groups in total. The summed E-state index contributed by atoms with van der Waals surface area (Å²) in [6.07, 6.45) is 3.27. The Bertz CT molecular complexity index is 2430. The zero-order chi connectivity index (χ0) is 42.2. The van der Waals surface area contributed by atoms with Crippen LogP contribution in [0.15, 0.2) is 140 Å². The first-order valence-corrected chi connectivity index (χ1v) is 21.5. The van der Waals surface area contributed by atoms with Crippen LogP contribution in [0.25, 0.3) is 50.5 Å². The first kappa shape index (κ1) is 44.7. The third-order valence-corrected chi connectivity index (χ3v) is 12.2. The first-order valence-electron chi connectivity index (χ1n) is 21.5. The van der Waals surface area contributed by atoms with Gasteiger partial charge in [0.1, 0.15) is 5.82 Å². The van der Waals surface area contributed by atoms with Gasteiger partial charge in [0.05, 0.1) is 5.82 Å². The fourth-order valence-corrected chi connectivity index (χ4v) is 8.15. The van der Waals surface area contributed by atoms with E-state index in [0.29, 0.717) is 0 Å². The van der Waals surface area contributed by atoms with Gasteiger partial charge in [-0.1, -0.05) is 180 Å². The van der Waals surface area contributed by atoms with Crippen LogP contribution in [0.4, 0.5) is 0 Å². The van der Waals surface area contributed by atoms with Crippen molar-refractivity contribution in [1.82, 2.24) is 14.8 Å². The first-order chi connectivity index (χ1) is 28.0. The van der Waals surface area contributed by atoms with Gasteiger partial charge in [0.15, 0.2) is 0 Å². The molecule has 7 aromatic rings. The molecule has 0 bridgehead atoms. The van der Waals surface area contributed by atoms with Crippen LogP contribution in [-0.2, 0) is 41.8 Å². The maximum Gasteiger partial charge on any atom is 0.134 e. The standard InChI is InChI=1S/C56H62N3.Ir/c1-12-13-34-55(8,9)52-58-57-51(59(52)50-32-30-49(31-33-50)56(10,11)48-20-15-14-16-21-48)42-19-17-18-41(35-42)45-37-43(39-22-26-46(27-23-39)53(2,3)4)36-44(38-45)40-24-28-47(29-25-40)54(5,6)7;/h14-18,20-33,35-38H,12-13,34H2,1-11H3;/q-1;. The van der Waals surface area contributed by atoms with E-state index in [-0.39, 0.29) is 41.8 Å². The fraction of sp³-hybridized carbons (Fsp3) is 0.321. The molecule has 60 heavy (non-hydrogen) atoms. The summed E-state index contributed by atoms with van der Waals surface area (Å²) in [5.74, 6) is 1.77. The minimum Gasteiger partial charge on any atom is -0.320 e. The average molecular weight is 969 g/mol. The molecular weight excluding hydrogens is 907 g/mol. The van der Waals surface area contributed by atoms with E-state index < -0.39 is 0 Å². The van der Waals surface area contributed by atoms with Crippen molar-refractivity contribution in [1.29, 1.82) is 0 Å². The van der Waals surface area contributed by atoms with Crippen LogP contribution in [0, 0.1) is 6.07 Å². The molecule has 7 rings (SSSR count). The van der Waals surface area contributed by atoms with Gasteiger partial charge in [0.25, 0.3) is 0 Å². The molecule has 0 saturated carbocycles. The number of aromatic nitrogens is 3. The third kappa shape index (κ3) is 9.52. The minimum atomic E-state index is -0.185. The molecule has 4 heteroatoms. The molecule has 1 aromatic heterocycles. The summed E-state index contributed by atoms with van der Waals surface area (Å²) in [6.45, 7) is 25.0. The summed E-state index contributed by atoms with van der Waals surface area (Å²) in [7, 11) is 0. The molecule has 0 fully saturated rings. The number of hydrogen-bond acceptors (Lipinski definition) is 2. The Morgan fingerprint density at radius 2 is 0.983 bits per heavy atom. The monoisotopic (exact) mass is 969 g/mol. The van der Waals surface area contributed by atoms with Gasteiger partial charge < -0.3 is 4.57 Å². The van der Waals surface area contributed by atoms with Gasteiger partial charge in [-0.25, -0.2) is 0 Å². The third-order valence-electron chi connectivity index (χ3n) is 12.2. The predicted molar refractivity (Wildman–Crippen MR) is 250 cm³/mol. The molecule has 0 aliphatic rings. The van der Waals surface area contributed by atoms with E-state index in [1.54, 1.807) is 0 Å². The second kappa shape index (κ2) is 17.6. The van der Waals surface area contributed by atoms with Gasteiger partial charge >= 0.3 is 0 Å². The fourth-order valence-electron chi connectivity index (χ4n) is 8.15. The van der Waals surface area contributed by atoms with E-state index in [0.717, 1.165) is 53.3 Å². The molecule has 0 saturated heterocycles. The number of unbranched alkanes of at least 4 members (excludes halogenated alkanes) is 1.